The molecule has 0 aliphatic carbocycles. The fourth-order valence-corrected chi connectivity index (χ4v) is 4.27. The molecule has 1 unspecified atom stereocenters. The van der Waals surface area contributed by atoms with E-state index >= 15 is 0 Å². The largest absolute Gasteiger partial charge is 0.381 e. The molecule has 32 heavy (non-hydrogen) atoms. The summed E-state index contributed by atoms with van der Waals surface area (Å²) in [6, 6.07) is 15.6. The first kappa shape index (κ1) is 22.3. The third-order valence-electron chi connectivity index (χ3n) is 6.39. The molecule has 2 aliphatic heterocycles. The van der Waals surface area contributed by atoms with E-state index in [1.54, 1.807) is 24.3 Å². The van der Waals surface area contributed by atoms with Crippen molar-refractivity contribution in [3.05, 3.63) is 54.1 Å². The second-order valence-electron chi connectivity index (χ2n) is 8.81. The molecule has 0 spiro atoms. The highest BCUT2D eigenvalue weighted by Gasteiger charge is 2.24. The fraction of sp³-hybridized carbons (Fsp3) is 0.440. The van der Waals surface area contributed by atoms with Crippen molar-refractivity contribution in [3.63, 3.8) is 0 Å². The summed E-state index contributed by atoms with van der Waals surface area (Å²) in [6.45, 7) is 3.34. The first-order valence-corrected chi connectivity index (χ1v) is 11.3. The van der Waals surface area contributed by atoms with Crippen molar-refractivity contribution >= 4 is 28.9 Å². The van der Waals surface area contributed by atoms with Gasteiger partial charge in [0.25, 0.3) is 5.91 Å². The Balaban J connectivity index is 1.30. The van der Waals surface area contributed by atoms with Crippen molar-refractivity contribution in [1.29, 1.82) is 0 Å². The van der Waals surface area contributed by atoms with E-state index < -0.39 is 0 Å². The molecule has 2 aromatic rings. The summed E-state index contributed by atoms with van der Waals surface area (Å²) in [5.41, 5.74) is 3.19. The van der Waals surface area contributed by atoms with E-state index in [4.69, 9.17) is 4.74 Å². The molecule has 7 heteroatoms. The van der Waals surface area contributed by atoms with Crippen molar-refractivity contribution in [2.45, 2.75) is 25.3 Å². The van der Waals surface area contributed by atoms with Gasteiger partial charge in [-0.2, -0.15) is 0 Å². The summed E-state index contributed by atoms with van der Waals surface area (Å²) < 4.78 is 5.31. The van der Waals surface area contributed by atoms with Crippen LogP contribution in [-0.4, -0.2) is 63.2 Å². The smallest absolute Gasteiger partial charge is 0.255 e. The SMILES string of the molecule is CN(C)C1CCN(c2ccc(NC(=O)c3ccc(NC(=O)C4CCOCC4)cc3)cc2)C1. The highest BCUT2D eigenvalue weighted by molar-refractivity contribution is 6.04. The standard InChI is InChI=1S/C25H32N4O3/c1-28(2)23-11-14-29(17-23)22-9-7-21(8-10-22)27-24(30)18-3-5-20(6-4-18)26-25(31)19-12-15-32-16-13-19/h3-10,19,23H,11-17H2,1-2H3,(H,26,31)(H,27,30). The highest BCUT2D eigenvalue weighted by Crippen LogP contribution is 2.24. The molecule has 2 fully saturated rings. The van der Waals surface area contributed by atoms with Crippen LogP contribution in [0.4, 0.5) is 17.1 Å². The number of rotatable bonds is 6. The molecule has 0 bridgehead atoms. The number of nitrogens with one attached hydrogen (secondary N) is 2. The van der Waals surface area contributed by atoms with Crippen LogP contribution in [0.25, 0.3) is 0 Å². The number of anilines is 3. The number of amides is 2. The Bertz CT molecular complexity index is 921. The van der Waals surface area contributed by atoms with E-state index in [9.17, 15) is 9.59 Å². The van der Waals surface area contributed by atoms with Gasteiger partial charge in [0.05, 0.1) is 0 Å². The summed E-state index contributed by atoms with van der Waals surface area (Å²) in [7, 11) is 4.25. The molecule has 0 aromatic heterocycles. The lowest BCUT2D eigenvalue weighted by molar-refractivity contribution is -0.122. The van der Waals surface area contributed by atoms with Gasteiger partial charge in [-0.05, 0) is 81.9 Å². The van der Waals surface area contributed by atoms with Crippen LogP contribution in [0.15, 0.2) is 48.5 Å². The second-order valence-corrected chi connectivity index (χ2v) is 8.81. The monoisotopic (exact) mass is 436 g/mol. The number of carbonyl (C=O) groups is 2. The Hall–Kier alpha value is -2.90. The van der Waals surface area contributed by atoms with E-state index in [1.807, 2.05) is 12.1 Å². The topological polar surface area (TPSA) is 73.9 Å². The Kier molecular flexibility index (Phi) is 7.07. The zero-order valence-corrected chi connectivity index (χ0v) is 18.8. The second kappa shape index (κ2) is 10.1. The number of carbonyl (C=O) groups excluding carboxylic acids is 2. The molecule has 2 amide bonds. The van der Waals surface area contributed by atoms with Gasteiger partial charge in [0.1, 0.15) is 0 Å². The highest BCUT2D eigenvalue weighted by atomic mass is 16.5. The van der Waals surface area contributed by atoms with Crippen LogP contribution < -0.4 is 15.5 Å². The zero-order chi connectivity index (χ0) is 22.5. The van der Waals surface area contributed by atoms with Crippen LogP contribution in [0.3, 0.4) is 0 Å². The van der Waals surface area contributed by atoms with Gasteiger partial charge in [-0.3, -0.25) is 9.59 Å². The summed E-state index contributed by atoms with van der Waals surface area (Å²) in [4.78, 5) is 29.6. The minimum absolute atomic E-state index is 0.0102. The first-order chi connectivity index (χ1) is 15.5. The third-order valence-corrected chi connectivity index (χ3v) is 6.39. The molecule has 2 aliphatic rings. The lowest BCUT2D eigenvalue weighted by atomic mass is 9.99. The minimum Gasteiger partial charge on any atom is -0.381 e. The van der Waals surface area contributed by atoms with Gasteiger partial charge < -0.3 is 25.2 Å². The van der Waals surface area contributed by atoms with Crippen molar-refractivity contribution in [1.82, 2.24) is 4.90 Å². The number of ether oxygens (including phenoxy) is 1. The predicted molar refractivity (Wildman–Crippen MR) is 127 cm³/mol. The van der Waals surface area contributed by atoms with Crippen molar-refractivity contribution < 1.29 is 14.3 Å². The quantitative estimate of drug-likeness (QED) is 0.726. The molecular formula is C25H32N4O3. The van der Waals surface area contributed by atoms with Gasteiger partial charge >= 0.3 is 0 Å². The zero-order valence-electron chi connectivity index (χ0n) is 18.8. The van der Waals surface area contributed by atoms with Crippen LogP contribution in [0.5, 0.6) is 0 Å². The average Bonchev–Trinajstić information content (AvgIpc) is 3.31. The molecule has 170 valence electrons. The molecule has 1 atom stereocenters. The Labute approximate surface area is 189 Å². The maximum atomic E-state index is 12.6. The molecule has 0 radical (unpaired) electrons. The van der Waals surface area contributed by atoms with Gasteiger partial charge in [-0.25, -0.2) is 0 Å². The molecule has 2 saturated heterocycles. The number of nitrogens with zero attached hydrogens (tertiary/aromatic N) is 2. The predicted octanol–water partition coefficient (Wildman–Crippen LogP) is 3.44. The molecule has 2 aromatic carbocycles. The van der Waals surface area contributed by atoms with E-state index in [2.05, 4.69) is 46.7 Å². The Morgan fingerprint density at radius 1 is 0.906 bits per heavy atom. The summed E-state index contributed by atoms with van der Waals surface area (Å²) in [5.74, 6) is -0.168. The van der Waals surface area contributed by atoms with E-state index in [0.29, 0.717) is 30.5 Å². The number of hydrogen-bond donors (Lipinski definition) is 2. The normalized spacial score (nSPS) is 19.2. The Morgan fingerprint density at radius 2 is 1.53 bits per heavy atom. The van der Waals surface area contributed by atoms with Crippen LogP contribution in [0.1, 0.15) is 29.6 Å². The van der Waals surface area contributed by atoms with E-state index in [1.165, 1.54) is 5.69 Å². The van der Waals surface area contributed by atoms with Gasteiger partial charge in [0.15, 0.2) is 0 Å². The fourth-order valence-electron chi connectivity index (χ4n) is 4.27. The lowest BCUT2D eigenvalue weighted by Crippen LogP contribution is -2.31. The number of hydrogen-bond acceptors (Lipinski definition) is 5. The van der Waals surface area contributed by atoms with Crippen LogP contribution in [-0.2, 0) is 9.53 Å². The molecule has 4 rings (SSSR count). The van der Waals surface area contributed by atoms with Crippen LogP contribution in [0, 0.1) is 5.92 Å². The maximum absolute atomic E-state index is 12.6. The molecule has 7 nitrogen and oxygen atoms in total. The van der Waals surface area contributed by atoms with E-state index in [0.717, 1.165) is 38.0 Å². The minimum atomic E-state index is -0.172. The van der Waals surface area contributed by atoms with Crippen molar-refractivity contribution in [2.75, 3.05) is 55.9 Å². The van der Waals surface area contributed by atoms with Crippen LogP contribution >= 0.6 is 0 Å². The third kappa shape index (κ3) is 5.47. The van der Waals surface area contributed by atoms with Gasteiger partial charge in [0.2, 0.25) is 5.91 Å². The van der Waals surface area contributed by atoms with Gasteiger partial charge in [-0.1, -0.05) is 0 Å². The van der Waals surface area contributed by atoms with E-state index in [-0.39, 0.29) is 17.7 Å². The van der Waals surface area contributed by atoms with Crippen molar-refractivity contribution in [3.8, 4) is 0 Å². The maximum Gasteiger partial charge on any atom is 0.255 e. The average molecular weight is 437 g/mol. The van der Waals surface area contributed by atoms with Gasteiger partial charge in [0, 0.05) is 60.9 Å². The Morgan fingerprint density at radius 3 is 2.16 bits per heavy atom. The number of likely N-dealkylation sites (N-methyl/N-ethyl adjacent to an activating group) is 1. The summed E-state index contributed by atoms with van der Waals surface area (Å²) in [5, 5.41) is 5.88. The first-order valence-electron chi connectivity index (χ1n) is 11.3. The molecule has 2 heterocycles. The van der Waals surface area contributed by atoms with Crippen molar-refractivity contribution in [2.24, 2.45) is 5.92 Å². The molecule has 0 saturated carbocycles. The van der Waals surface area contributed by atoms with Gasteiger partial charge in [-0.15, -0.1) is 0 Å². The summed E-state index contributed by atoms with van der Waals surface area (Å²) >= 11 is 0. The number of benzene rings is 2. The summed E-state index contributed by atoms with van der Waals surface area (Å²) in [6.07, 6.45) is 2.66. The lowest BCUT2D eigenvalue weighted by Gasteiger charge is -2.22. The molecule has 2 N–H and O–H groups in total. The molecular weight excluding hydrogens is 404 g/mol. The van der Waals surface area contributed by atoms with Crippen LogP contribution in [0.2, 0.25) is 0 Å².